The van der Waals surface area contributed by atoms with Crippen LogP contribution in [-0.4, -0.2) is 62.3 Å². The fraction of sp³-hybridized carbons (Fsp3) is 0.650. The third-order valence-electron chi connectivity index (χ3n) is 5.61. The number of sulfonamides is 1. The standard InChI is InChI=1S/C20H33N3O3S/c1-7-16(4)21-19(24)13-22-8-10-23(11-9-22)27(25,26)20-17(5)14(2)12-15(3)18(20)6/h12,16H,7-11,13H2,1-6H3,(H,21,24)/t16-/m0/s1. The number of hydrogen-bond acceptors (Lipinski definition) is 4. The monoisotopic (exact) mass is 395 g/mol. The number of benzene rings is 1. The average molecular weight is 396 g/mol. The van der Waals surface area contributed by atoms with Crippen molar-refractivity contribution in [1.29, 1.82) is 0 Å². The zero-order valence-electron chi connectivity index (χ0n) is 17.4. The van der Waals surface area contributed by atoms with E-state index >= 15 is 0 Å². The summed E-state index contributed by atoms with van der Waals surface area (Å²) in [5.41, 5.74) is 3.65. The lowest BCUT2D eigenvalue weighted by Gasteiger charge is -2.34. The zero-order valence-corrected chi connectivity index (χ0v) is 18.2. The van der Waals surface area contributed by atoms with Gasteiger partial charge in [-0.25, -0.2) is 8.42 Å². The first-order valence-electron chi connectivity index (χ1n) is 9.67. The molecule has 6 nitrogen and oxygen atoms in total. The first-order chi connectivity index (χ1) is 12.6. The van der Waals surface area contributed by atoms with E-state index in [1.54, 1.807) is 4.31 Å². The Morgan fingerprint density at radius 2 is 1.59 bits per heavy atom. The Kier molecular flexibility index (Phi) is 7.05. The van der Waals surface area contributed by atoms with Crippen molar-refractivity contribution in [3.63, 3.8) is 0 Å². The quantitative estimate of drug-likeness (QED) is 0.801. The van der Waals surface area contributed by atoms with Crippen LogP contribution in [-0.2, 0) is 14.8 Å². The maximum atomic E-state index is 13.3. The van der Waals surface area contributed by atoms with Crippen LogP contribution in [0.25, 0.3) is 0 Å². The number of carbonyl (C=O) groups excluding carboxylic acids is 1. The van der Waals surface area contributed by atoms with Gasteiger partial charge in [0.2, 0.25) is 15.9 Å². The smallest absolute Gasteiger partial charge is 0.243 e. The summed E-state index contributed by atoms with van der Waals surface area (Å²) in [6, 6.07) is 2.20. The largest absolute Gasteiger partial charge is 0.353 e. The zero-order chi connectivity index (χ0) is 20.4. The minimum absolute atomic E-state index is 0.00153. The Balaban J connectivity index is 2.09. The molecule has 1 amide bonds. The molecule has 1 N–H and O–H groups in total. The molecule has 0 aliphatic carbocycles. The minimum Gasteiger partial charge on any atom is -0.353 e. The van der Waals surface area contributed by atoms with Crippen molar-refractivity contribution in [3.8, 4) is 0 Å². The van der Waals surface area contributed by atoms with Crippen molar-refractivity contribution in [1.82, 2.24) is 14.5 Å². The van der Waals surface area contributed by atoms with Crippen molar-refractivity contribution in [3.05, 3.63) is 28.3 Å². The summed E-state index contributed by atoms with van der Waals surface area (Å²) in [6.45, 7) is 13.9. The summed E-state index contributed by atoms with van der Waals surface area (Å²) in [6.07, 6.45) is 0.895. The van der Waals surface area contributed by atoms with Gasteiger partial charge in [0.25, 0.3) is 0 Å². The summed E-state index contributed by atoms with van der Waals surface area (Å²) < 4.78 is 28.1. The first kappa shape index (κ1) is 21.9. The van der Waals surface area contributed by atoms with Crippen LogP contribution in [0.15, 0.2) is 11.0 Å². The maximum absolute atomic E-state index is 13.3. The molecule has 1 aromatic rings. The lowest BCUT2D eigenvalue weighted by atomic mass is 10.0. The van der Waals surface area contributed by atoms with E-state index < -0.39 is 10.0 Å². The van der Waals surface area contributed by atoms with Crippen LogP contribution in [0.4, 0.5) is 0 Å². The van der Waals surface area contributed by atoms with Gasteiger partial charge in [-0.3, -0.25) is 9.69 Å². The van der Waals surface area contributed by atoms with E-state index in [0.717, 1.165) is 28.7 Å². The van der Waals surface area contributed by atoms with Crippen molar-refractivity contribution in [2.75, 3.05) is 32.7 Å². The highest BCUT2D eigenvalue weighted by molar-refractivity contribution is 7.89. The minimum atomic E-state index is -3.54. The lowest BCUT2D eigenvalue weighted by molar-refractivity contribution is -0.123. The van der Waals surface area contributed by atoms with Crippen LogP contribution in [0.5, 0.6) is 0 Å². The number of rotatable bonds is 6. The van der Waals surface area contributed by atoms with Gasteiger partial charge in [0.15, 0.2) is 0 Å². The van der Waals surface area contributed by atoms with Gasteiger partial charge in [-0.05, 0) is 63.3 Å². The second-order valence-electron chi connectivity index (χ2n) is 7.65. The van der Waals surface area contributed by atoms with Crippen molar-refractivity contribution in [2.45, 2.75) is 58.9 Å². The molecule has 1 aromatic carbocycles. The molecule has 7 heteroatoms. The van der Waals surface area contributed by atoms with Crippen LogP contribution < -0.4 is 5.32 Å². The Bertz CT molecular complexity index is 771. The normalized spacial score (nSPS) is 17.7. The molecule has 1 heterocycles. The van der Waals surface area contributed by atoms with E-state index in [-0.39, 0.29) is 11.9 Å². The van der Waals surface area contributed by atoms with Crippen LogP contribution in [0.3, 0.4) is 0 Å². The number of nitrogens with one attached hydrogen (secondary N) is 1. The van der Waals surface area contributed by atoms with Crippen LogP contribution in [0, 0.1) is 27.7 Å². The Morgan fingerprint density at radius 3 is 2.07 bits per heavy atom. The summed E-state index contributed by atoms with van der Waals surface area (Å²) >= 11 is 0. The average Bonchev–Trinajstić information content (AvgIpc) is 2.60. The molecular weight excluding hydrogens is 362 g/mol. The second-order valence-corrected chi connectivity index (χ2v) is 9.52. The molecule has 152 valence electrons. The summed E-state index contributed by atoms with van der Waals surface area (Å²) in [5.74, 6) is 0.00153. The van der Waals surface area contributed by atoms with Gasteiger partial charge in [0.05, 0.1) is 11.4 Å². The molecule has 0 bridgehead atoms. The number of nitrogens with zero attached hydrogens (tertiary/aromatic N) is 2. The van der Waals surface area contributed by atoms with Gasteiger partial charge >= 0.3 is 0 Å². The van der Waals surface area contributed by atoms with Crippen LogP contribution in [0.2, 0.25) is 0 Å². The molecule has 0 radical (unpaired) electrons. The summed E-state index contributed by atoms with van der Waals surface area (Å²) in [4.78, 5) is 14.5. The molecule has 0 spiro atoms. The molecule has 27 heavy (non-hydrogen) atoms. The molecule has 1 atom stereocenters. The predicted molar refractivity (Wildman–Crippen MR) is 108 cm³/mol. The summed E-state index contributed by atoms with van der Waals surface area (Å²) in [7, 11) is -3.54. The molecular formula is C20H33N3O3S. The van der Waals surface area contributed by atoms with Gasteiger partial charge in [-0.2, -0.15) is 4.31 Å². The molecule has 2 rings (SSSR count). The number of piperazine rings is 1. The summed E-state index contributed by atoms with van der Waals surface area (Å²) in [5, 5.41) is 2.96. The molecule has 1 fully saturated rings. The van der Waals surface area contributed by atoms with E-state index in [1.807, 2.05) is 52.5 Å². The van der Waals surface area contributed by atoms with Gasteiger partial charge in [0.1, 0.15) is 0 Å². The molecule has 1 saturated heterocycles. The predicted octanol–water partition coefficient (Wildman–Crippen LogP) is 2.14. The Hall–Kier alpha value is -1.44. The first-order valence-corrected chi connectivity index (χ1v) is 11.1. The highest BCUT2D eigenvalue weighted by Gasteiger charge is 2.32. The van der Waals surface area contributed by atoms with E-state index in [4.69, 9.17) is 0 Å². The number of aryl methyl sites for hydroxylation is 2. The Labute approximate surface area is 164 Å². The van der Waals surface area contributed by atoms with Gasteiger partial charge in [-0.1, -0.05) is 13.0 Å². The van der Waals surface area contributed by atoms with Crippen LogP contribution >= 0.6 is 0 Å². The van der Waals surface area contributed by atoms with Crippen molar-refractivity contribution < 1.29 is 13.2 Å². The van der Waals surface area contributed by atoms with Crippen molar-refractivity contribution >= 4 is 15.9 Å². The van der Waals surface area contributed by atoms with Gasteiger partial charge in [-0.15, -0.1) is 0 Å². The second kappa shape index (κ2) is 8.71. The molecule has 0 saturated carbocycles. The van der Waals surface area contributed by atoms with Crippen LogP contribution in [0.1, 0.15) is 42.5 Å². The third kappa shape index (κ3) is 4.89. The Morgan fingerprint density at radius 1 is 1.07 bits per heavy atom. The van der Waals surface area contributed by atoms with E-state index in [9.17, 15) is 13.2 Å². The highest BCUT2D eigenvalue weighted by atomic mass is 32.2. The van der Waals surface area contributed by atoms with Gasteiger partial charge in [0, 0.05) is 32.2 Å². The highest BCUT2D eigenvalue weighted by Crippen LogP contribution is 2.29. The molecule has 1 aliphatic rings. The molecule has 0 aromatic heterocycles. The lowest BCUT2D eigenvalue weighted by Crippen LogP contribution is -2.51. The number of hydrogen-bond donors (Lipinski definition) is 1. The van der Waals surface area contributed by atoms with Gasteiger partial charge < -0.3 is 5.32 Å². The number of amides is 1. The van der Waals surface area contributed by atoms with E-state index in [0.29, 0.717) is 37.6 Å². The van der Waals surface area contributed by atoms with E-state index in [1.165, 1.54) is 0 Å². The molecule has 1 aliphatic heterocycles. The SMILES string of the molecule is CC[C@H](C)NC(=O)CN1CCN(S(=O)(=O)c2c(C)c(C)cc(C)c2C)CC1. The van der Waals surface area contributed by atoms with E-state index in [2.05, 4.69) is 5.32 Å². The topological polar surface area (TPSA) is 69.7 Å². The third-order valence-corrected chi connectivity index (χ3v) is 7.79. The fourth-order valence-corrected chi connectivity index (χ4v) is 5.45. The fourth-order valence-electron chi connectivity index (χ4n) is 3.45. The number of carbonyl (C=O) groups is 1. The van der Waals surface area contributed by atoms with Crippen molar-refractivity contribution in [2.24, 2.45) is 0 Å². The molecule has 0 unspecified atom stereocenters. The maximum Gasteiger partial charge on any atom is 0.243 e.